The highest BCUT2D eigenvalue weighted by Gasteiger charge is 2.12. The largest absolute Gasteiger partial charge is 0.363 e. The lowest BCUT2D eigenvalue weighted by Crippen LogP contribution is -2.32. The van der Waals surface area contributed by atoms with Crippen molar-refractivity contribution in [3.05, 3.63) is 30.3 Å². The number of likely N-dealkylation sites (tertiary alicyclic amines) is 1. The molecule has 1 fully saturated rings. The van der Waals surface area contributed by atoms with Crippen molar-refractivity contribution in [1.29, 1.82) is 0 Å². The van der Waals surface area contributed by atoms with Crippen LogP contribution in [0.3, 0.4) is 0 Å². The van der Waals surface area contributed by atoms with E-state index in [1.807, 2.05) is 30.3 Å². The minimum Gasteiger partial charge on any atom is -0.363 e. The van der Waals surface area contributed by atoms with Crippen LogP contribution in [-0.4, -0.2) is 29.4 Å². The zero-order valence-corrected chi connectivity index (χ0v) is 10.8. The van der Waals surface area contributed by atoms with Crippen LogP contribution in [0.4, 0.5) is 5.69 Å². The lowest BCUT2D eigenvalue weighted by atomic mass is 10.1. The maximum Gasteiger partial charge on any atom is 0.198 e. The van der Waals surface area contributed by atoms with Gasteiger partial charge in [0.15, 0.2) is 5.11 Å². The average Bonchev–Trinajstić information content (AvgIpc) is 2.33. The van der Waals surface area contributed by atoms with Gasteiger partial charge < -0.3 is 10.2 Å². The lowest BCUT2D eigenvalue weighted by Gasteiger charge is -2.26. The van der Waals surface area contributed by atoms with Crippen LogP contribution in [0.15, 0.2) is 35.3 Å². The molecule has 0 aliphatic carbocycles. The number of aliphatic imine (C=N–C) groups is 1. The maximum absolute atomic E-state index is 5.24. The van der Waals surface area contributed by atoms with Crippen LogP contribution in [0.1, 0.15) is 19.3 Å². The predicted molar refractivity (Wildman–Crippen MR) is 76.6 cm³/mol. The highest BCUT2D eigenvalue weighted by Crippen LogP contribution is 2.11. The van der Waals surface area contributed by atoms with Gasteiger partial charge >= 0.3 is 0 Å². The Kier molecular flexibility index (Phi) is 4.09. The van der Waals surface area contributed by atoms with Crippen molar-refractivity contribution in [2.45, 2.75) is 19.3 Å². The van der Waals surface area contributed by atoms with Gasteiger partial charge in [-0.2, -0.15) is 0 Å². The second-order valence-corrected chi connectivity index (χ2v) is 4.59. The van der Waals surface area contributed by atoms with Crippen LogP contribution in [0.2, 0.25) is 0 Å². The first-order valence-corrected chi connectivity index (χ1v) is 6.31. The summed E-state index contributed by atoms with van der Waals surface area (Å²) in [5, 5.41) is 3.67. The fraction of sp³-hybridized carbons (Fsp3) is 0.385. The van der Waals surface area contributed by atoms with E-state index in [2.05, 4.69) is 22.3 Å². The van der Waals surface area contributed by atoms with Gasteiger partial charge in [-0.05, 0) is 37.2 Å². The maximum atomic E-state index is 5.24. The molecule has 0 bridgehead atoms. The second kappa shape index (κ2) is 5.77. The molecule has 0 unspecified atom stereocenters. The Morgan fingerprint density at radius 2 is 2.06 bits per heavy atom. The molecule has 4 heteroatoms. The van der Waals surface area contributed by atoms with Gasteiger partial charge in [-0.1, -0.05) is 18.2 Å². The van der Waals surface area contributed by atoms with Gasteiger partial charge in [-0.15, -0.1) is 0 Å². The number of anilines is 1. The van der Waals surface area contributed by atoms with E-state index in [0.717, 1.165) is 24.5 Å². The Morgan fingerprint density at radius 3 is 2.76 bits per heavy atom. The van der Waals surface area contributed by atoms with Crippen molar-refractivity contribution in [3.8, 4) is 0 Å². The number of piperidine rings is 1. The van der Waals surface area contributed by atoms with Crippen molar-refractivity contribution >= 4 is 28.9 Å². The molecule has 3 nitrogen and oxygen atoms in total. The highest BCUT2D eigenvalue weighted by atomic mass is 32.1. The molecule has 0 spiro atoms. The molecule has 0 saturated carbocycles. The second-order valence-electron chi connectivity index (χ2n) is 4.20. The first kappa shape index (κ1) is 12.0. The third-order valence-electron chi connectivity index (χ3n) is 2.84. The summed E-state index contributed by atoms with van der Waals surface area (Å²) in [5.74, 6) is 1.09. The molecule has 1 saturated heterocycles. The zero-order chi connectivity index (χ0) is 12.1. The van der Waals surface area contributed by atoms with Gasteiger partial charge in [0.05, 0.1) is 0 Å². The smallest absolute Gasteiger partial charge is 0.198 e. The summed E-state index contributed by atoms with van der Waals surface area (Å²) < 4.78 is 0. The van der Waals surface area contributed by atoms with Crippen molar-refractivity contribution in [3.63, 3.8) is 0 Å². The number of nitrogens with zero attached hydrogens (tertiary/aromatic N) is 2. The molecule has 1 heterocycles. The fourth-order valence-electron chi connectivity index (χ4n) is 1.88. The van der Waals surface area contributed by atoms with Crippen molar-refractivity contribution < 1.29 is 0 Å². The van der Waals surface area contributed by atoms with Crippen molar-refractivity contribution in [2.24, 2.45) is 4.99 Å². The van der Waals surface area contributed by atoms with Crippen LogP contribution in [0.25, 0.3) is 0 Å². The number of hydrogen-bond donors (Lipinski definition) is 1. The molecule has 1 N–H and O–H groups in total. The number of amidine groups is 1. The summed E-state index contributed by atoms with van der Waals surface area (Å²) in [6.45, 7) is 1.08. The molecule has 90 valence electrons. The molecule has 1 aromatic carbocycles. The third-order valence-corrected chi connectivity index (χ3v) is 3.03. The quantitative estimate of drug-likeness (QED) is 0.773. The van der Waals surface area contributed by atoms with E-state index < -0.39 is 0 Å². The average molecular weight is 247 g/mol. The van der Waals surface area contributed by atoms with E-state index in [-0.39, 0.29) is 0 Å². The van der Waals surface area contributed by atoms with Gasteiger partial charge in [0.2, 0.25) is 0 Å². The highest BCUT2D eigenvalue weighted by molar-refractivity contribution is 7.80. The van der Waals surface area contributed by atoms with Crippen molar-refractivity contribution in [2.75, 3.05) is 18.9 Å². The van der Waals surface area contributed by atoms with Gasteiger partial charge in [-0.25, -0.2) is 4.99 Å². The first-order chi connectivity index (χ1) is 8.25. The SMILES string of the molecule is CN1CCCCC1=NC(=S)Nc1ccccc1. The standard InChI is InChI=1S/C13H17N3S/c1-16-10-6-5-9-12(16)15-13(17)14-11-7-3-2-4-8-11/h2-4,7-8H,5-6,9-10H2,1H3,(H,14,17). The number of thiocarbonyl (C=S) groups is 1. The summed E-state index contributed by atoms with van der Waals surface area (Å²) >= 11 is 5.24. The Morgan fingerprint density at radius 1 is 1.29 bits per heavy atom. The van der Waals surface area contributed by atoms with Gasteiger partial charge in [-0.3, -0.25) is 0 Å². The Bertz CT molecular complexity index is 414. The number of nitrogens with one attached hydrogen (secondary N) is 1. The van der Waals surface area contributed by atoms with Gasteiger partial charge in [0.25, 0.3) is 0 Å². The number of benzene rings is 1. The summed E-state index contributed by atoms with van der Waals surface area (Å²) in [7, 11) is 2.07. The lowest BCUT2D eigenvalue weighted by molar-refractivity contribution is 0.435. The summed E-state index contributed by atoms with van der Waals surface area (Å²) in [6.07, 6.45) is 3.47. The number of para-hydroxylation sites is 1. The number of rotatable bonds is 1. The predicted octanol–water partition coefficient (Wildman–Crippen LogP) is 2.90. The van der Waals surface area contributed by atoms with Gasteiger partial charge in [0.1, 0.15) is 5.84 Å². The molecule has 1 aromatic rings. The van der Waals surface area contributed by atoms with Crippen LogP contribution in [0, 0.1) is 0 Å². The molecule has 0 amide bonds. The Labute approximate surface area is 108 Å². The molecule has 17 heavy (non-hydrogen) atoms. The van der Waals surface area contributed by atoms with Crippen molar-refractivity contribution in [1.82, 2.24) is 4.90 Å². The Balaban J connectivity index is 1.99. The van der Waals surface area contributed by atoms with Crippen LogP contribution < -0.4 is 5.32 Å². The van der Waals surface area contributed by atoms with Crippen LogP contribution in [0.5, 0.6) is 0 Å². The van der Waals surface area contributed by atoms with E-state index in [0.29, 0.717) is 5.11 Å². The molecular formula is C13H17N3S. The topological polar surface area (TPSA) is 27.6 Å². The molecule has 0 radical (unpaired) electrons. The van der Waals surface area contributed by atoms with E-state index in [4.69, 9.17) is 12.2 Å². The van der Waals surface area contributed by atoms with E-state index >= 15 is 0 Å². The molecule has 1 aliphatic rings. The third kappa shape index (κ3) is 3.53. The monoisotopic (exact) mass is 247 g/mol. The Hall–Kier alpha value is -1.42. The molecule has 0 aromatic heterocycles. The van der Waals surface area contributed by atoms with E-state index in [9.17, 15) is 0 Å². The normalized spacial score (nSPS) is 18.2. The number of hydrogen-bond acceptors (Lipinski definition) is 1. The van der Waals surface area contributed by atoms with E-state index in [1.165, 1.54) is 12.8 Å². The van der Waals surface area contributed by atoms with E-state index in [1.54, 1.807) is 0 Å². The fourth-order valence-corrected chi connectivity index (χ4v) is 2.11. The van der Waals surface area contributed by atoms with Gasteiger partial charge in [0, 0.05) is 25.7 Å². The molecule has 0 atom stereocenters. The first-order valence-electron chi connectivity index (χ1n) is 5.90. The summed E-state index contributed by atoms with van der Waals surface area (Å²) in [6, 6.07) is 9.90. The summed E-state index contributed by atoms with van der Waals surface area (Å²) in [5.41, 5.74) is 0.986. The van der Waals surface area contributed by atoms with Crippen LogP contribution in [-0.2, 0) is 0 Å². The molecule has 1 aliphatic heterocycles. The zero-order valence-electron chi connectivity index (χ0n) is 10.0. The minimum absolute atomic E-state index is 0.542. The summed E-state index contributed by atoms with van der Waals surface area (Å²) in [4.78, 5) is 6.66. The minimum atomic E-state index is 0.542. The molecular weight excluding hydrogens is 230 g/mol. The van der Waals surface area contributed by atoms with Crippen LogP contribution >= 0.6 is 12.2 Å². The molecule has 2 rings (SSSR count).